The van der Waals surface area contributed by atoms with E-state index in [1.165, 1.54) is 36.3 Å². The molecule has 0 aliphatic carbocycles. The summed E-state index contributed by atoms with van der Waals surface area (Å²) in [5.74, 6) is -0.441. The molecule has 38 heavy (non-hydrogen) atoms. The van der Waals surface area contributed by atoms with Crippen molar-refractivity contribution in [1.82, 2.24) is 10.2 Å². The number of hydrogen-bond acceptors (Lipinski definition) is 4. The Balaban J connectivity index is 1.35. The van der Waals surface area contributed by atoms with Crippen molar-refractivity contribution in [1.29, 1.82) is 0 Å². The highest BCUT2D eigenvalue weighted by Gasteiger charge is 2.40. The second kappa shape index (κ2) is 9.85. The molecule has 196 valence electrons. The molecule has 0 bridgehead atoms. The van der Waals surface area contributed by atoms with E-state index in [2.05, 4.69) is 10.6 Å². The minimum Gasteiger partial charge on any atom is -0.497 e. The summed E-state index contributed by atoms with van der Waals surface area (Å²) in [7, 11) is 1.53. The molecule has 1 saturated heterocycles. The number of piperidine rings is 1. The molecule has 2 heterocycles. The van der Waals surface area contributed by atoms with Crippen LogP contribution in [0.1, 0.15) is 39.1 Å². The van der Waals surface area contributed by atoms with Crippen LogP contribution >= 0.6 is 0 Å². The molecule has 3 aromatic rings. The average molecular weight is 524 g/mol. The summed E-state index contributed by atoms with van der Waals surface area (Å²) in [5.41, 5.74) is 0.896. The number of nitrogens with zero attached hydrogens (tertiary/aromatic N) is 1. The molecule has 5 rings (SSSR count). The summed E-state index contributed by atoms with van der Waals surface area (Å²) in [5, 5.41) is 5.72. The molecule has 0 unspecified atom stereocenters. The van der Waals surface area contributed by atoms with Gasteiger partial charge in [0.1, 0.15) is 11.8 Å². The maximum absolute atomic E-state index is 13.5. The van der Waals surface area contributed by atoms with E-state index in [-0.39, 0.29) is 36.4 Å². The second-order valence-electron chi connectivity index (χ2n) is 9.27. The zero-order chi connectivity index (χ0) is 27.0. The number of rotatable bonds is 4. The van der Waals surface area contributed by atoms with Gasteiger partial charge in [0.25, 0.3) is 11.8 Å². The van der Waals surface area contributed by atoms with Crippen LogP contribution in [0.2, 0.25) is 0 Å². The normalized spacial score (nSPS) is 19.1. The Labute approximate surface area is 216 Å². The number of amides is 3. The molecule has 1 fully saturated rings. The van der Waals surface area contributed by atoms with Gasteiger partial charge in [-0.05, 0) is 72.5 Å². The topological polar surface area (TPSA) is 87.7 Å². The Bertz CT molecular complexity index is 1410. The third-order valence-electron chi connectivity index (χ3n) is 6.88. The van der Waals surface area contributed by atoms with Gasteiger partial charge in [0.05, 0.1) is 23.9 Å². The van der Waals surface area contributed by atoms with E-state index in [9.17, 15) is 27.6 Å². The maximum atomic E-state index is 13.5. The number of methoxy groups -OCH3 is 1. The Kier molecular flexibility index (Phi) is 6.56. The van der Waals surface area contributed by atoms with E-state index < -0.39 is 23.7 Å². The standard InChI is InChI=1S/C28H24F3N3O4/c1-38-21-8-5-16(6-9-21)25(35)32-20-11-12-34-24(15-20)26(36)33-23-10-7-18(14-22(23)27(34)37)17-3-2-4-19(13-17)28(29,30)31/h2-10,13-14,20,24H,11-12,15H2,1H3,(H,32,35)(H,33,36)/t20-,24-/m0/s1. The van der Waals surface area contributed by atoms with Crippen LogP contribution in [0.15, 0.2) is 66.7 Å². The molecule has 2 atom stereocenters. The fraction of sp³-hybridized carbons (Fsp3) is 0.250. The minimum absolute atomic E-state index is 0.205. The summed E-state index contributed by atoms with van der Waals surface area (Å²) >= 11 is 0. The lowest BCUT2D eigenvalue weighted by molar-refractivity contribution is -0.137. The highest BCUT2D eigenvalue weighted by molar-refractivity contribution is 6.10. The molecule has 3 aromatic carbocycles. The van der Waals surface area contributed by atoms with Crippen molar-refractivity contribution >= 4 is 23.4 Å². The molecule has 3 amide bonds. The summed E-state index contributed by atoms with van der Waals surface area (Å²) in [6.45, 7) is 0.234. The Morgan fingerprint density at radius 1 is 1.03 bits per heavy atom. The van der Waals surface area contributed by atoms with Gasteiger partial charge in [-0.2, -0.15) is 13.2 Å². The fourth-order valence-electron chi connectivity index (χ4n) is 4.85. The van der Waals surface area contributed by atoms with E-state index in [1.54, 1.807) is 30.3 Å². The highest BCUT2D eigenvalue weighted by atomic mass is 19.4. The number of carbonyl (C=O) groups excluding carboxylic acids is 3. The molecule has 10 heteroatoms. The molecule has 0 saturated carbocycles. The van der Waals surface area contributed by atoms with Crippen LogP contribution in [0.4, 0.5) is 18.9 Å². The molecule has 7 nitrogen and oxygen atoms in total. The van der Waals surface area contributed by atoms with Gasteiger partial charge in [0.15, 0.2) is 0 Å². The van der Waals surface area contributed by atoms with E-state index >= 15 is 0 Å². The summed E-state index contributed by atoms with van der Waals surface area (Å²) in [4.78, 5) is 40.8. The maximum Gasteiger partial charge on any atom is 0.416 e. The first-order chi connectivity index (χ1) is 18.1. The SMILES string of the molecule is COc1ccc(C(=O)N[C@H]2CCN3C(=O)c4cc(-c5cccc(C(F)(F)F)c5)ccc4NC(=O)[C@@H]3C2)cc1. The third-order valence-corrected chi connectivity index (χ3v) is 6.88. The monoisotopic (exact) mass is 523 g/mol. The summed E-state index contributed by atoms with van der Waals surface area (Å²) in [6.07, 6.45) is -3.82. The molecule has 0 spiro atoms. The molecule has 2 N–H and O–H groups in total. The second-order valence-corrected chi connectivity index (χ2v) is 9.27. The number of ether oxygens (including phenoxy) is 1. The van der Waals surface area contributed by atoms with E-state index in [1.807, 2.05) is 0 Å². The smallest absolute Gasteiger partial charge is 0.416 e. The van der Waals surface area contributed by atoms with Gasteiger partial charge >= 0.3 is 6.18 Å². The van der Waals surface area contributed by atoms with Crippen molar-refractivity contribution in [3.05, 3.63) is 83.4 Å². The average Bonchev–Trinajstić information content (AvgIpc) is 3.02. The number of nitrogens with one attached hydrogen (secondary N) is 2. The molecule has 0 aromatic heterocycles. The molecule has 0 radical (unpaired) electrons. The number of hydrogen-bond donors (Lipinski definition) is 2. The van der Waals surface area contributed by atoms with Crippen molar-refractivity contribution in [2.75, 3.05) is 19.0 Å². The van der Waals surface area contributed by atoms with Gasteiger partial charge in [-0.15, -0.1) is 0 Å². The van der Waals surface area contributed by atoms with Crippen LogP contribution in [0.5, 0.6) is 5.75 Å². The van der Waals surface area contributed by atoms with Gasteiger partial charge < -0.3 is 20.3 Å². The number of benzene rings is 3. The van der Waals surface area contributed by atoms with Crippen LogP contribution in [-0.4, -0.2) is 48.4 Å². The van der Waals surface area contributed by atoms with Gasteiger partial charge in [-0.25, -0.2) is 0 Å². The number of anilines is 1. The first kappa shape index (κ1) is 25.3. The number of alkyl halides is 3. The van der Waals surface area contributed by atoms with Gasteiger partial charge in [-0.3, -0.25) is 14.4 Å². The summed E-state index contributed by atoms with van der Waals surface area (Å²) in [6, 6.07) is 15.0. The fourth-order valence-corrected chi connectivity index (χ4v) is 4.85. The Hall–Kier alpha value is -4.34. The van der Waals surface area contributed by atoms with Gasteiger partial charge in [0, 0.05) is 18.2 Å². The zero-order valence-electron chi connectivity index (χ0n) is 20.3. The van der Waals surface area contributed by atoms with E-state index in [0.29, 0.717) is 34.5 Å². The Morgan fingerprint density at radius 3 is 2.47 bits per heavy atom. The lowest BCUT2D eigenvalue weighted by Gasteiger charge is -2.37. The van der Waals surface area contributed by atoms with Gasteiger partial charge in [0.2, 0.25) is 5.91 Å². The largest absolute Gasteiger partial charge is 0.497 e. The van der Waals surface area contributed by atoms with Crippen LogP contribution in [0, 0.1) is 0 Å². The molecular formula is C28H24F3N3O4. The van der Waals surface area contributed by atoms with Crippen molar-refractivity contribution in [2.45, 2.75) is 31.1 Å². The van der Waals surface area contributed by atoms with Crippen molar-refractivity contribution in [3.63, 3.8) is 0 Å². The molecule has 2 aliphatic rings. The van der Waals surface area contributed by atoms with Crippen molar-refractivity contribution < 1.29 is 32.3 Å². The number of fused-ring (bicyclic) bond motifs is 2. The third kappa shape index (κ3) is 4.93. The Morgan fingerprint density at radius 2 is 1.76 bits per heavy atom. The zero-order valence-corrected chi connectivity index (χ0v) is 20.3. The van der Waals surface area contributed by atoms with E-state index in [0.717, 1.165) is 12.1 Å². The van der Waals surface area contributed by atoms with Crippen LogP contribution < -0.4 is 15.4 Å². The number of halogens is 3. The first-order valence-corrected chi connectivity index (χ1v) is 12.0. The van der Waals surface area contributed by atoms with Crippen LogP contribution in [0.25, 0.3) is 11.1 Å². The van der Waals surface area contributed by atoms with Crippen molar-refractivity contribution in [3.8, 4) is 16.9 Å². The highest BCUT2D eigenvalue weighted by Crippen LogP contribution is 2.35. The predicted molar refractivity (Wildman–Crippen MR) is 134 cm³/mol. The molecule has 2 aliphatic heterocycles. The van der Waals surface area contributed by atoms with Crippen LogP contribution in [0.3, 0.4) is 0 Å². The quantitative estimate of drug-likeness (QED) is 0.518. The summed E-state index contributed by atoms with van der Waals surface area (Å²) < 4.78 is 44.7. The minimum atomic E-state index is -4.49. The predicted octanol–water partition coefficient (Wildman–Crippen LogP) is 4.74. The number of carbonyl (C=O) groups is 3. The lowest BCUT2D eigenvalue weighted by atomic mass is 9.95. The first-order valence-electron chi connectivity index (χ1n) is 12.0. The van der Waals surface area contributed by atoms with E-state index in [4.69, 9.17) is 4.74 Å². The molecular weight excluding hydrogens is 499 g/mol. The van der Waals surface area contributed by atoms with Crippen molar-refractivity contribution in [2.24, 2.45) is 0 Å². The lowest BCUT2D eigenvalue weighted by Crippen LogP contribution is -2.55. The van der Waals surface area contributed by atoms with Gasteiger partial charge in [-0.1, -0.05) is 18.2 Å². The van der Waals surface area contributed by atoms with Crippen LogP contribution in [-0.2, 0) is 11.0 Å².